The number of rotatable bonds is 1. The first-order valence-corrected chi connectivity index (χ1v) is 8.10. The van der Waals surface area contributed by atoms with Crippen molar-refractivity contribution in [3.63, 3.8) is 0 Å². The van der Waals surface area contributed by atoms with E-state index in [2.05, 4.69) is 31.9 Å². The van der Waals surface area contributed by atoms with Crippen molar-refractivity contribution in [1.82, 2.24) is 0 Å². The maximum Gasteiger partial charge on any atom is 0.128 e. The van der Waals surface area contributed by atoms with Crippen LogP contribution in [0, 0.1) is 0 Å². The van der Waals surface area contributed by atoms with E-state index in [1.54, 1.807) is 0 Å². The van der Waals surface area contributed by atoms with Crippen LogP contribution in [0.2, 0.25) is 5.02 Å². The van der Waals surface area contributed by atoms with Crippen molar-refractivity contribution in [3.8, 4) is 5.75 Å². The number of aliphatic hydroxyl groups is 1. The monoisotopic (exact) mass is 416 g/mol. The van der Waals surface area contributed by atoms with Crippen molar-refractivity contribution in [3.05, 3.63) is 61.5 Å². The van der Waals surface area contributed by atoms with Gasteiger partial charge >= 0.3 is 0 Å². The van der Waals surface area contributed by atoms with Gasteiger partial charge in [-0.05, 0) is 30.3 Å². The number of aliphatic hydroxyl groups excluding tert-OH is 1. The van der Waals surface area contributed by atoms with Crippen molar-refractivity contribution in [1.29, 1.82) is 0 Å². The van der Waals surface area contributed by atoms with Crippen molar-refractivity contribution < 1.29 is 9.84 Å². The topological polar surface area (TPSA) is 29.5 Å². The van der Waals surface area contributed by atoms with Crippen LogP contribution >= 0.6 is 43.5 Å². The summed E-state index contributed by atoms with van der Waals surface area (Å²) < 4.78 is 7.84. The lowest BCUT2D eigenvalue weighted by Gasteiger charge is -2.30. The van der Waals surface area contributed by atoms with Crippen LogP contribution in [0.5, 0.6) is 5.75 Å². The van der Waals surface area contributed by atoms with E-state index >= 15 is 0 Å². The lowest BCUT2D eigenvalue weighted by Crippen LogP contribution is -2.19. The Labute approximate surface area is 139 Å². The molecule has 1 aliphatic rings. The highest BCUT2D eigenvalue weighted by atomic mass is 79.9. The number of hydrogen-bond acceptors (Lipinski definition) is 2. The van der Waals surface area contributed by atoms with Crippen molar-refractivity contribution in [2.24, 2.45) is 0 Å². The van der Waals surface area contributed by atoms with Crippen LogP contribution in [0.4, 0.5) is 0 Å². The molecular formula is C15H11Br2ClO2. The normalized spacial score (nSPS) is 21.2. The molecule has 5 heteroatoms. The van der Waals surface area contributed by atoms with E-state index in [0.717, 1.165) is 25.8 Å². The first-order chi connectivity index (χ1) is 9.54. The van der Waals surface area contributed by atoms with Crippen LogP contribution < -0.4 is 4.74 Å². The molecule has 0 aliphatic carbocycles. The van der Waals surface area contributed by atoms with Gasteiger partial charge in [-0.15, -0.1) is 0 Å². The molecule has 104 valence electrons. The second-order valence-corrected chi connectivity index (χ2v) is 6.91. The lowest BCUT2D eigenvalue weighted by molar-refractivity contribution is 0.0653. The second-order valence-electron chi connectivity index (χ2n) is 4.71. The summed E-state index contributed by atoms with van der Waals surface area (Å²) in [4.78, 5) is 0. The summed E-state index contributed by atoms with van der Waals surface area (Å²) in [5.74, 6) is 0.721. The van der Waals surface area contributed by atoms with Gasteiger partial charge in [0.25, 0.3) is 0 Å². The van der Waals surface area contributed by atoms with E-state index in [0.29, 0.717) is 11.4 Å². The Morgan fingerprint density at radius 2 is 1.90 bits per heavy atom. The van der Waals surface area contributed by atoms with E-state index in [-0.39, 0.29) is 6.10 Å². The number of benzene rings is 2. The molecule has 0 saturated carbocycles. The molecule has 1 aliphatic heterocycles. The van der Waals surface area contributed by atoms with Gasteiger partial charge in [0.05, 0.1) is 6.10 Å². The fourth-order valence-corrected chi connectivity index (χ4v) is 3.69. The maximum atomic E-state index is 10.3. The molecule has 0 saturated heterocycles. The zero-order chi connectivity index (χ0) is 14.3. The molecule has 1 heterocycles. The van der Waals surface area contributed by atoms with Crippen LogP contribution in [0.3, 0.4) is 0 Å². The second kappa shape index (κ2) is 5.68. The number of fused-ring (bicyclic) bond motifs is 1. The molecule has 2 nitrogen and oxygen atoms in total. The largest absolute Gasteiger partial charge is 0.485 e. The van der Waals surface area contributed by atoms with Crippen molar-refractivity contribution in [2.75, 3.05) is 0 Å². The Kier molecular flexibility index (Phi) is 4.09. The zero-order valence-electron chi connectivity index (χ0n) is 10.3. The molecule has 20 heavy (non-hydrogen) atoms. The van der Waals surface area contributed by atoms with E-state index in [1.165, 1.54) is 0 Å². The molecule has 0 spiro atoms. The van der Waals surface area contributed by atoms with Crippen molar-refractivity contribution >= 4 is 43.5 Å². The highest BCUT2D eigenvalue weighted by Crippen LogP contribution is 2.43. The van der Waals surface area contributed by atoms with E-state index in [1.807, 2.05) is 36.4 Å². The highest BCUT2D eigenvalue weighted by molar-refractivity contribution is 9.10. The number of hydrogen-bond donors (Lipinski definition) is 1. The predicted octanol–water partition coefficient (Wildman–Crippen LogP) is 5.42. The third kappa shape index (κ3) is 2.75. The number of halogens is 3. The van der Waals surface area contributed by atoms with Gasteiger partial charge in [-0.3, -0.25) is 0 Å². The molecule has 0 aromatic heterocycles. The Bertz CT molecular complexity index is 660. The quantitative estimate of drug-likeness (QED) is 0.670. The smallest absolute Gasteiger partial charge is 0.128 e. The summed E-state index contributed by atoms with van der Waals surface area (Å²) in [5, 5.41) is 11.0. The van der Waals surface area contributed by atoms with E-state index in [9.17, 15) is 5.11 Å². The van der Waals surface area contributed by atoms with Crippen LogP contribution in [0.1, 0.15) is 29.8 Å². The van der Waals surface area contributed by atoms with Crippen LogP contribution in [0.15, 0.2) is 45.3 Å². The molecule has 2 aromatic carbocycles. The molecular weight excluding hydrogens is 407 g/mol. The van der Waals surface area contributed by atoms with Crippen LogP contribution in [0.25, 0.3) is 0 Å². The predicted molar refractivity (Wildman–Crippen MR) is 86.2 cm³/mol. The summed E-state index contributed by atoms with van der Waals surface area (Å²) in [5.41, 5.74) is 1.81. The molecule has 0 bridgehead atoms. The summed E-state index contributed by atoms with van der Waals surface area (Å²) in [7, 11) is 0. The minimum Gasteiger partial charge on any atom is -0.485 e. The SMILES string of the molecule is OC1CC(c2ccc(Cl)cc2Br)Oc2ccc(Br)cc21. The van der Waals surface area contributed by atoms with Gasteiger partial charge in [-0.25, -0.2) is 0 Å². The van der Waals surface area contributed by atoms with Gasteiger partial charge in [0, 0.05) is 31.5 Å². The summed E-state index contributed by atoms with van der Waals surface area (Å²) in [6.45, 7) is 0. The summed E-state index contributed by atoms with van der Waals surface area (Å²) >= 11 is 12.9. The van der Waals surface area contributed by atoms with Crippen LogP contribution in [-0.2, 0) is 0 Å². The average Bonchev–Trinajstić information content (AvgIpc) is 2.39. The van der Waals surface area contributed by atoms with E-state index < -0.39 is 6.10 Å². The van der Waals surface area contributed by atoms with Crippen LogP contribution in [-0.4, -0.2) is 5.11 Å². The minimum absolute atomic E-state index is 0.190. The Morgan fingerprint density at radius 3 is 2.65 bits per heavy atom. The van der Waals surface area contributed by atoms with Gasteiger partial charge in [-0.2, -0.15) is 0 Å². The molecule has 2 atom stereocenters. The Morgan fingerprint density at radius 1 is 1.10 bits per heavy atom. The Balaban J connectivity index is 1.97. The average molecular weight is 419 g/mol. The van der Waals surface area contributed by atoms with Gasteiger partial charge < -0.3 is 9.84 Å². The van der Waals surface area contributed by atoms with E-state index in [4.69, 9.17) is 16.3 Å². The first-order valence-electron chi connectivity index (χ1n) is 6.13. The third-order valence-corrected chi connectivity index (χ3v) is 4.76. The highest BCUT2D eigenvalue weighted by Gasteiger charge is 2.29. The molecule has 1 N–H and O–H groups in total. The standard InChI is InChI=1S/C15H11Br2ClO2/c16-8-1-4-14-11(5-8)13(19)7-15(20-14)10-3-2-9(18)6-12(10)17/h1-6,13,15,19H,7H2. The fraction of sp³-hybridized carbons (Fsp3) is 0.200. The Hall–Kier alpha value is -0.550. The molecule has 0 radical (unpaired) electrons. The number of ether oxygens (including phenoxy) is 1. The molecule has 0 fully saturated rings. The first kappa shape index (κ1) is 14.4. The van der Waals surface area contributed by atoms with Gasteiger partial charge in [-0.1, -0.05) is 49.5 Å². The zero-order valence-corrected chi connectivity index (χ0v) is 14.2. The maximum absolute atomic E-state index is 10.3. The van der Waals surface area contributed by atoms with Gasteiger partial charge in [0.1, 0.15) is 11.9 Å². The minimum atomic E-state index is -0.538. The molecule has 2 aromatic rings. The molecule has 0 amide bonds. The van der Waals surface area contributed by atoms with Gasteiger partial charge in [0.15, 0.2) is 0 Å². The van der Waals surface area contributed by atoms with Gasteiger partial charge in [0.2, 0.25) is 0 Å². The molecule has 3 rings (SSSR count). The summed E-state index contributed by atoms with van der Waals surface area (Å²) in [6.07, 6.45) is -0.210. The molecule has 2 unspecified atom stereocenters. The van der Waals surface area contributed by atoms with Crippen molar-refractivity contribution in [2.45, 2.75) is 18.6 Å². The summed E-state index contributed by atoms with van der Waals surface area (Å²) in [6, 6.07) is 11.3. The lowest BCUT2D eigenvalue weighted by atomic mass is 9.95. The third-order valence-electron chi connectivity index (χ3n) is 3.35. The fourth-order valence-electron chi connectivity index (χ4n) is 2.37.